The number of imidazole rings is 1. The number of rotatable bonds is 8. The van der Waals surface area contributed by atoms with Gasteiger partial charge in [0.25, 0.3) is 0 Å². The summed E-state index contributed by atoms with van der Waals surface area (Å²) in [6, 6.07) is 0. The molecule has 1 N–H and O–H groups in total. The second kappa shape index (κ2) is 7.03. The molecule has 106 valence electrons. The van der Waals surface area contributed by atoms with Gasteiger partial charge in [0.2, 0.25) is 0 Å². The van der Waals surface area contributed by atoms with Gasteiger partial charge >= 0.3 is 0 Å². The first-order chi connectivity index (χ1) is 9.18. The molecule has 5 heteroatoms. The van der Waals surface area contributed by atoms with Gasteiger partial charge in [-0.05, 0) is 19.3 Å². The lowest BCUT2D eigenvalue weighted by Gasteiger charge is -2.07. The Morgan fingerprint density at radius 1 is 1.42 bits per heavy atom. The quantitative estimate of drug-likeness (QED) is 0.756. The van der Waals surface area contributed by atoms with Crippen LogP contribution in [0, 0.1) is 12.8 Å². The minimum atomic E-state index is 0.717. The van der Waals surface area contributed by atoms with Crippen molar-refractivity contribution in [3.05, 3.63) is 23.0 Å². The maximum atomic E-state index is 5.58. The molecule has 0 saturated carbocycles. The zero-order valence-electron chi connectivity index (χ0n) is 12.0. The summed E-state index contributed by atoms with van der Waals surface area (Å²) in [6.45, 7) is 9.87. The van der Waals surface area contributed by atoms with E-state index in [0.29, 0.717) is 5.92 Å². The Labute approximate surface area is 118 Å². The molecule has 0 spiro atoms. The lowest BCUT2D eigenvalue weighted by atomic mass is 10.1. The van der Waals surface area contributed by atoms with Crippen LogP contribution in [-0.4, -0.2) is 29.1 Å². The zero-order chi connectivity index (χ0) is 13.7. The molecule has 4 nitrogen and oxygen atoms in total. The Balaban J connectivity index is 1.68. The van der Waals surface area contributed by atoms with Crippen LogP contribution in [0.15, 0.2) is 11.6 Å². The lowest BCUT2D eigenvalue weighted by Crippen LogP contribution is -2.20. The molecule has 0 aromatic carbocycles. The number of hydrogen-bond acceptors (Lipinski definition) is 4. The summed E-state index contributed by atoms with van der Waals surface area (Å²) in [4.78, 5) is 5.60. The summed E-state index contributed by atoms with van der Waals surface area (Å²) in [6.07, 6.45) is 3.22. The summed E-state index contributed by atoms with van der Waals surface area (Å²) < 4.78 is 7.74. The van der Waals surface area contributed by atoms with E-state index in [2.05, 4.69) is 47.0 Å². The molecule has 0 radical (unpaired) electrons. The van der Waals surface area contributed by atoms with E-state index >= 15 is 0 Å². The first kappa shape index (κ1) is 14.5. The third-order valence-corrected chi connectivity index (χ3v) is 3.87. The number of aryl methyl sites for hydroxylation is 1. The number of thiazole rings is 1. The fourth-order valence-corrected chi connectivity index (χ4v) is 2.70. The highest BCUT2D eigenvalue weighted by Crippen LogP contribution is 2.16. The monoisotopic (exact) mass is 281 g/mol. The average molecular weight is 281 g/mol. The Morgan fingerprint density at radius 2 is 2.26 bits per heavy atom. The standard InChI is InChI=1S/C14H23N3OS/c1-11(2)4-7-18-8-5-15-10-13-12(3)16-14-17(13)6-9-19-14/h6,9,11,15H,4-5,7-8,10H2,1-3H3. The number of aromatic nitrogens is 2. The molecular weight excluding hydrogens is 258 g/mol. The zero-order valence-corrected chi connectivity index (χ0v) is 12.8. The van der Waals surface area contributed by atoms with Crippen LogP contribution in [-0.2, 0) is 11.3 Å². The van der Waals surface area contributed by atoms with E-state index in [1.165, 1.54) is 5.69 Å². The van der Waals surface area contributed by atoms with Crippen LogP contribution in [0.5, 0.6) is 0 Å². The van der Waals surface area contributed by atoms with E-state index in [9.17, 15) is 0 Å². The lowest BCUT2D eigenvalue weighted by molar-refractivity contribution is 0.125. The first-order valence-corrected chi connectivity index (χ1v) is 7.76. The van der Waals surface area contributed by atoms with Gasteiger partial charge in [0, 0.05) is 31.3 Å². The van der Waals surface area contributed by atoms with Crippen LogP contribution >= 0.6 is 11.3 Å². The molecule has 0 saturated heterocycles. The molecule has 2 aromatic rings. The van der Waals surface area contributed by atoms with Crippen molar-refractivity contribution in [3.63, 3.8) is 0 Å². The van der Waals surface area contributed by atoms with Crippen LogP contribution in [0.4, 0.5) is 0 Å². The van der Waals surface area contributed by atoms with E-state index in [4.69, 9.17) is 4.74 Å². The summed E-state index contributed by atoms with van der Waals surface area (Å²) in [7, 11) is 0. The van der Waals surface area contributed by atoms with Crippen molar-refractivity contribution >= 4 is 16.3 Å². The number of nitrogens with zero attached hydrogens (tertiary/aromatic N) is 2. The van der Waals surface area contributed by atoms with Gasteiger partial charge in [-0.25, -0.2) is 4.98 Å². The number of hydrogen-bond donors (Lipinski definition) is 1. The van der Waals surface area contributed by atoms with Gasteiger partial charge in [-0.15, -0.1) is 11.3 Å². The molecule has 2 heterocycles. The molecule has 19 heavy (non-hydrogen) atoms. The highest BCUT2D eigenvalue weighted by Gasteiger charge is 2.08. The maximum absolute atomic E-state index is 5.58. The third-order valence-electron chi connectivity index (χ3n) is 3.12. The Morgan fingerprint density at radius 3 is 3.05 bits per heavy atom. The SMILES string of the molecule is Cc1nc2sccn2c1CNCCOCCC(C)C. The number of ether oxygens (including phenoxy) is 1. The van der Waals surface area contributed by atoms with Crippen LogP contribution in [0.25, 0.3) is 4.96 Å². The fraction of sp³-hybridized carbons (Fsp3) is 0.643. The second-order valence-electron chi connectivity index (χ2n) is 5.17. The van der Waals surface area contributed by atoms with E-state index in [0.717, 1.165) is 43.4 Å². The van der Waals surface area contributed by atoms with E-state index in [1.54, 1.807) is 11.3 Å². The number of nitrogens with one attached hydrogen (secondary N) is 1. The largest absolute Gasteiger partial charge is 0.380 e. The Bertz CT molecular complexity index is 504. The van der Waals surface area contributed by atoms with Crippen molar-refractivity contribution in [2.24, 2.45) is 5.92 Å². The summed E-state index contributed by atoms with van der Waals surface area (Å²) >= 11 is 1.67. The van der Waals surface area contributed by atoms with Gasteiger partial charge in [0.1, 0.15) is 0 Å². The van der Waals surface area contributed by atoms with Gasteiger partial charge in [0.05, 0.1) is 18.0 Å². The highest BCUT2D eigenvalue weighted by molar-refractivity contribution is 7.15. The molecule has 0 amide bonds. The van der Waals surface area contributed by atoms with Crippen LogP contribution in [0.2, 0.25) is 0 Å². The molecule has 0 bridgehead atoms. The highest BCUT2D eigenvalue weighted by atomic mass is 32.1. The van der Waals surface area contributed by atoms with Crippen molar-refractivity contribution in [1.29, 1.82) is 0 Å². The van der Waals surface area contributed by atoms with Gasteiger partial charge in [-0.1, -0.05) is 13.8 Å². The molecule has 2 aromatic heterocycles. The van der Waals surface area contributed by atoms with E-state index in [1.807, 2.05) is 0 Å². The minimum Gasteiger partial charge on any atom is -0.380 e. The minimum absolute atomic E-state index is 0.717. The predicted molar refractivity (Wildman–Crippen MR) is 79.8 cm³/mol. The van der Waals surface area contributed by atoms with Gasteiger partial charge in [-0.2, -0.15) is 0 Å². The van der Waals surface area contributed by atoms with Crippen molar-refractivity contribution < 1.29 is 4.74 Å². The third kappa shape index (κ3) is 4.03. The topological polar surface area (TPSA) is 38.6 Å². The van der Waals surface area contributed by atoms with Crippen LogP contribution in [0.3, 0.4) is 0 Å². The normalized spacial score (nSPS) is 11.8. The first-order valence-electron chi connectivity index (χ1n) is 6.88. The Hall–Kier alpha value is -0.910. The molecule has 0 fully saturated rings. The average Bonchev–Trinajstić information content (AvgIpc) is 2.89. The molecule has 0 unspecified atom stereocenters. The van der Waals surface area contributed by atoms with Crippen molar-refractivity contribution in [1.82, 2.24) is 14.7 Å². The summed E-state index contributed by atoms with van der Waals surface area (Å²) in [5.41, 5.74) is 2.36. The molecule has 0 aliphatic rings. The molecular formula is C14H23N3OS. The maximum Gasteiger partial charge on any atom is 0.194 e. The van der Waals surface area contributed by atoms with Gasteiger partial charge in [-0.3, -0.25) is 4.40 Å². The smallest absolute Gasteiger partial charge is 0.194 e. The second-order valence-corrected chi connectivity index (χ2v) is 6.04. The summed E-state index contributed by atoms with van der Waals surface area (Å²) in [5.74, 6) is 0.717. The van der Waals surface area contributed by atoms with E-state index < -0.39 is 0 Å². The predicted octanol–water partition coefficient (Wildman–Crippen LogP) is 2.86. The van der Waals surface area contributed by atoms with Crippen molar-refractivity contribution in [2.75, 3.05) is 19.8 Å². The van der Waals surface area contributed by atoms with Crippen molar-refractivity contribution in [2.45, 2.75) is 33.7 Å². The van der Waals surface area contributed by atoms with Crippen LogP contribution in [0.1, 0.15) is 31.7 Å². The molecule has 0 aliphatic carbocycles. The van der Waals surface area contributed by atoms with Gasteiger partial charge < -0.3 is 10.1 Å². The summed E-state index contributed by atoms with van der Waals surface area (Å²) in [5, 5.41) is 5.49. The van der Waals surface area contributed by atoms with E-state index in [-0.39, 0.29) is 0 Å². The fourth-order valence-electron chi connectivity index (χ4n) is 1.93. The molecule has 0 atom stereocenters. The van der Waals surface area contributed by atoms with Crippen molar-refractivity contribution in [3.8, 4) is 0 Å². The number of fused-ring (bicyclic) bond motifs is 1. The molecule has 0 aliphatic heterocycles. The van der Waals surface area contributed by atoms with Crippen LogP contribution < -0.4 is 5.32 Å². The Kier molecular flexibility index (Phi) is 5.36. The molecule has 2 rings (SSSR count). The van der Waals surface area contributed by atoms with Gasteiger partial charge in [0.15, 0.2) is 4.96 Å².